The van der Waals surface area contributed by atoms with E-state index in [1.807, 2.05) is 0 Å². The fourth-order valence-corrected chi connectivity index (χ4v) is 4.36. The zero-order valence-corrected chi connectivity index (χ0v) is 18.2. The summed E-state index contributed by atoms with van der Waals surface area (Å²) in [6.45, 7) is 0. The van der Waals surface area contributed by atoms with Crippen molar-refractivity contribution in [1.82, 2.24) is 9.78 Å². The molecule has 2 aromatic carbocycles. The van der Waals surface area contributed by atoms with Gasteiger partial charge in [-0.15, -0.1) is 0 Å². The largest absolute Gasteiger partial charge is 0.435 e. The molecule has 11 heteroatoms. The van der Waals surface area contributed by atoms with Crippen LogP contribution in [0.5, 0.6) is 5.75 Å². The molecule has 5 nitrogen and oxygen atoms in total. The van der Waals surface area contributed by atoms with Crippen molar-refractivity contribution in [3.8, 4) is 16.9 Å². The Balaban J connectivity index is 1.76. The minimum atomic E-state index is -4.94. The molecule has 1 aliphatic carbocycles. The Hall–Kier alpha value is -2.79. The normalized spacial score (nSPS) is 22.4. The first kappa shape index (κ1) is 24.3. The molecule has 1 fully saturated rings. The number of benzene rings is 2. The molecule has 1 atom stereocenters. The molecule has 0 radical (unpaired) electrons. The highest BCUT2D eigenvalue weighted by Crippen LogP contribution is 2.41. The van der Waals surface area contributed by atoms with E-state index < -0.39 is 35.8 Å². The van der Waals surface area contributed by atoms with Gasteiger partial charge in [0.25, 0.3) is 12.6 Å². The van der Waals surface area contributed by atoms with Gasteiger partial charge in [0, 0.05) is 24.0 Å². The van der Waals surface area contributed by atoms with Crippen molar-refractivity contribution in [3.63, 3.8) is 0 Å². The SMILES string of the molecule is Cn1nc(C2(N)CCC(N)CC2)c2ccc(-c3cccc(F)c3OC(F)(F)C(F)C(F)F)cc21. The Morgan fingerprint density at radius 2 is 1.82 bits per heavy atom. The summed E-state index contributed by atoms with van der Waals surface area (Å²) in [5, 5.41) is 5.31. The molecule has 1 unspecified atom stereocenters. The molecular weight excluding hydrogens is 462 g/mol. The molecule has 0 aliphatic heterocycles. The third kappa shape index (κ3) is 4.34. The smallest absolute Gasteiger partial charge is 0.426 e. The van der Waals surface area contributed by atoms with Crippen LogP contribution in [0.15, 0.2) is 36.4 Å². The predicted octanol–water partition coefficient (Wildman–Crippen LogP) is 5.01. The standard InChI is InChI=1S/C23H24F6N4O/c1-33-17-11-12(5-6-15(17)20(32-33)22(31)9-7-13(30)8-10-22)14-3-2-4-16(24)18(14)34-23(28,29)19(25)21(26)27/h2-6,11,13,19,21H,7-10,30-31H2,1H3. The minimum absolute atomic E-state index is 0.0803. The highest BCUT2D eigenvalue weighted by atomic mass is 19.3. The van der Waals surface area contributed by atoms with Crippen molar-refractivity contribution in [3.05, 3.63) is 47.9 Å². The van der Waals surface area contributed by atoms with Crippen molar-refractivity contribution in [2.45, 2.75) is 56.0 Å². The number of nitrogens with two attached hydrogens (primary N) is 2. The Bertz CT molecular complexity index is 1190. The average Bonchev–Trinajstić information content (AvgIpc) is 3.13. The van der Waals surface area contributed by atoms with E-state index in [-0.39, 0.29) is 17.2 Å². The van der Waals surface area contributed by atoms with Crippen LogP contribution in [0.2, 0.25) is 0 Å². The van der Waals surface area contributed by atoms with Gasteiger partial charge in [0.2, 0.25) is 0 Å². The first-order chi connectivity index (χ1) is 15.9. The Morgan fingerprint density at radius 3 is 2.47 bits per heavy atom. The highest BCUT2D eigenvalue weighted by Gasteiger charge is 2.50. The number of alkyl halides is 5. The van der Waals surface area contributed by atoms with Crippen molar-refractivity contribution >= 4 is 10.9 Å². The van der Waals surface area contributed by atoms with E-state index in [0.29, 0.717) is 24.1 Å². The second kappa shape index (κ2) is 8.77. The minimum Gasteiger partial charge on any atom is -0.426 e. The molecule has 1 aliphatic rings. The van der Waals surface area contributed by atoms with Crippen molar-refractivity contribution < 1.29 is 31.1 Å². The van der Waals surface area contributed by atoms with Gasteiger partial charge in [0.1, 0.15) is 0 Å². The van der Waals surface area contributed by atoms with Crippen molar-refractivity contribution in [2.24, 2.45) is 18.5 Å². The summed E-state index contributed by atoms with van der Waals surface area (Å²) in [6, 6.07) is 8.20. The van der Waals surface area contributed by atoms with Gasteiger partial charge in [-0.05, 0) is 43.4 Å². The zero-order chi connectivity index (χ0) is 24.8. The van der Waals surface area contributed by atoms with E-state index in [0.717, 1.165) is 24.3 Å². The van der Waals surface area contributed by atoms with Gasteiger partial charge >= 0.3 is 6.11 Å². The number of hydrogen-bond acceptors (Lipinski definition) is 4. The predicted molar refractivity (Wildman–Crippen MR) is 115 cm³/mol. The molecule has 4 rings (SSSR count). The lowest BCUT2D eigenvalue weighted by Crippen LogP contribution is -2.44. The maximum Gasteiger partial charge on any atom is 0.435 e. The van der Waals surface area contributed by atoms with Crippen LogP contribution in [0.4, 0.5) is 26.3 Å². The lowest BCUT2D eigenvalue weighted by molar-refractivity contribution is -0.245. The van der Waals surface area contributed by atoms with Crippen LogP contribution in [0.3, 0.4) is 0 Å². The molecule has 0 amide bonds. The number of halogens is 6. The van der Waals surface area contributed by atoms with Gasteiger partial charge in [-0.3, -0.25) is 4.68 Å². The molecule has 0 spiro atoms. The number of para-hydroxylation sites is 1. The van der Waals surface area contributed by atoms with Crippen LogP contribution in [-0.2, 0) is 12.6 Å². The molecule has 1 heterocycles. The Labute approximate surface area is 191 Å². The van der Waals surface area contributed by atoms with Gasteiger partial charge in [0.15, 0.2) is 11.6 Å². The molecule has 3 aromatic rings. The van der Waals surface area contributed by atoms with Crippen molar-refractivity contribution in [2.75, 3.05) is 0 Å². The van der Waals surface area contributed by atoms with E-state index in [4.69, 9.17) is 11.5 Å². The number of fused-ring (bicyclic) bond motifs is 1. The van der Waals surface area contributed by atoms with E-state index in [9.17, 15) is 26.3 Å². The first-order valence-electron chi connectivity index (χ1n) is 10.7. The van der Waals surface area contributed by atoms with E-state index in [2.05, 4.69) is 9.84 Å². The third-order valence-corrected chi connectivity index (χ3v) is 6.30. The first-order valence-corrected chi connectivity index (χ1v) is 10.7. The molecule has 1 saturated carbocycles. The van der Waals surface area contributed by atoms with E-state index in [1.54, 1.807) is 23.9 Å². The zero-order valence-electron chi connectivity index (χ0n) is 18.2. The number of aryl methyl sites for hydroxylation is 1. The molecule has 0 saturated heterocycles. The maximum atomic E-state index is 14.4. The summed E-state index contributed by atoms with van der Waals surface area (Å²) < 4.78 is 86.5. The molecular formula is C23H24F6N4O. The molecule has 1 aromatic heterocycles. The molecule has 0 bridgehead atoms. The van der Waals surface area contributed by atoms with Gasteiger partial charge in [-0.1, -0.05) is 24.3 Å². The maximum absolute atomic E-state index is 14.4. The van der Waals surface area contributed by atoms with Crippen LogP contribution < -0.4 is 16.2 Å². The van der Waals surface area contributed by atoms with Crippen LogP contribution in [-0.4, -0.2) is 34.5 Å². The summed E-state index contributed by atoms with van der Waals surface area (Å²) in [7, 11) is 1.68. The molecule has 4 N–H and O–H groups in total. The van der Waals surface area contributed by atoms with Gasteiger partial charge in [-0.25, -0.2) is 17.6 Å². The van der Waals surface area contributed by atoms with E-state index >= 15 is 0 Å². The fraction of sp³-hybridized carbons (Fsp3) is 0.435. The van der Waals surface area contributed by atoms with Crippen molar-refractivity contribution in [1.29, 1.82) is 0 Å². The number of hydrogen-bond donors (Lipinski definition) is 2. The summed E-state index contributed by atoms with van der Waals surface area (Å²) in [5.74, 6) is -2.28. The van der Waals surface area contributed by atoms with Gasteiger partial charge in [0.05, 0.1) is 16.7 Å². The second-order valence-electron chi connectivity index (χ2n) is 8.71. The number of ether oxygens (including phenoxy) is 1. The Kier molecular flexibility index (Phi) is 6.28. The summed E-state index contributed by atoms with van der Waals surface area (Å²) >= 11 is 0. The third-order valence-electron chi connectivity index (χ3n) is 6.30. The summed E-state index contributed by atoms with van der Waals surface area (Å²) in [4.78, 5) is 0. The average molecular weight is 486 g/mol. The van der Waals surface area contributed by atoms with Crippen LogP contribution in [0.1, 0.15) is 31.4 Å². The lowest BCUT2D eigenvalue weighted by Gasteiger charge is -2.34. The van der Waals surface area contributed by atoms with Crippen LogP contribution >= 0.6 is 0 Å². The Morgan fingerprint density at radius 1 is 1.15 bits per heavy atom. The fourth-order valence-electron chi connectivity index (χ4n) is 4.36. The number of aromatic nitrogens is 2. The summed E-state index contributed by atoms with van der Waals surface area (Å²) in [6.07, 6.45) is -10.1. The highest BCUT2D eigenvalue weighted by molar-refractivity contribution is 5.88. The number of rotatable bonds is 6. The lowest BCUT2D eigenvalue weighted by atomic mass is 9.77. The number of nitrogens with zero attached hydrogens (tertiary/aromatic N) is 2. The van der Waals surface area contributed by atoms with Crippen LogP contribution in [0, 0.1) is 5.82 Å². The quantitative estimate of drug-likeness (QED) is 0.480. The monoisotopic (exact) mass is 486 g/mol. The van der Waals surface area contributed by atoms with E-state index in [1.165, 1.54) is 18.2 Å². The van der Waals surface area contributed by atoms with Gasteiger partial charge in [-0.2, -0.15) is 13.9 Å². The topological polar surface area (TPSA) is 79.1 Å². The second-order valence-corrected chi connectivity index (χ2v) is 8.71. The molecule has 34 heavy (non-hydrogen) atoms. The molecule has 184 valence electrons. The van der Waals surface area contributed by atoms with Gasteiger partial charge < -0.3 is 16.2 Å². The van der Waals surface area contributed by atoms with Crippen LogP contribution in [0.25, 0.3) is 22.0 Å². The summed E-state index contributed by atoms with van der Waals surface area (Å²) in [5.41, 5.74) is 13.3.